The first-order valence-electron chi connectivity index (χ1n) is 3.91. The number of hydrogen-bond donors (Lipinski definition) is 0. The Labute approximate surface area is 78.5 Å². The van der Waals surface area contributed by atoms with Gasteiger partial charge in [-0.2, -0.15) is 0 Å². The molecule has 0 heterocycles. The summed E-state index contributed by atoms with van der Waals surface area (Å²) in [6.45, 7) is 3.58. The highest BCUT2D eigenvalue weighted by atomic mass is 16.6. The summed E-state index contributed by atoms with van der Waals surface area (Å²) in [5.41, 5.74) is 0. The third kappa shape index (κ3) is 3.26. The summed E-state index contributed by atoms with van der Waals surface area (Å²) in [4.78, 5) is 10.6. The van der Waals surface area contributed by atoms with Gasteiger partial charge in [-0.1, -0.05) is 6.08 Å². The van der Waals surface area contributed by atoms with Crippen molar-refractivity contribution < 1.29 is 19.0 Å². The van der Waals surface area contributed by atoms with Gasteiger partial charge in [0.05, 0.1) is 0 Å². The van der Waals surface area contributed by atoms with Crippen molar-refractivity contribution in [2.75, 3.05) is 21.3 Å². The predicted molar refractivity (Wildman–Crippen MR) is 48.7 cm³/mol. The zero-order chi connectivity index (χ0) is 10.3. The molecule has 0 spiro atoms. The number of carbonyl (C=O) groups is 1. The summed E-state index contributed by atoms with van der Waals surface area (Å²) in [6, 6.07) is 0. The molecule has 4 heteroatoms. The molecule has 0 saturated heterocycles. The Morgan fingerprint density at radius 2 is 1.62 bits per heavy atom. The summed E-state index contributed by atoms with van der Waals surface area (Å²) in [7, 11) is 4.46. The summed E-state index contributed by atoms with van der Waals surface area (Å²) < 4.78 is 15.1. The zero-order valence-electron chi connectivity index (χ0n) is 8.23. The van der Waals surface area contributed by atoms with E-state index in [2.05, 4.69) is 6.58 Å². The van der Waals surface area contributed by atoms with Gasteiger partial charge in [0, 0.05) is 21.3 Å². The molecule has 0 radical (unpaired) electrons. The Balaban J connectivity index is 4.43. The maximum absolute atomic E-state index is 10.6. The van der Waals surface area contributed by atoms with Crippen LogP contribution in [0, 0.1) is 0 Å². The van der Waals surface area contributed by atoms with E-state index in [1.165, 1.54) is 21.3 Å². The molecule has 0 aromatic rings. The average Bonchev–Trinajstić information content (AvgIpc) is 2.18. The highest BCUT2D eigenvalue weighted by molar-refractivity contribution is 5.57. The van der Waals surface area contributed by atoms with Gasteiger partial charge in [-0.05, 0) is 0 Å². The molecule has 0 aromatic heterocycles. The van der Waals surface area contributed by atoms with Crippen molar-refractivity contribution >= 4 is 6.29 Å². The van der Waals surface area contributed by atoms with E-state index in [1.807, 2.05) is 0 Å². The number of rotatable bonds is 7. The Kier molecular flexibility index (Phi) is 6.40. The minimum absolute atomic E-state index is 0.347. The predicted octanol–water partition coefficient (Wildman–Crippen LogP) is 0.416. The van der Waals surface area contributed by atoms with Crippen LogP contribution in [0.15, 0.2) is 12.7 Å². The average molecular weight is 188 g/mol. The lowest BCUT2D eigenvalue weighted by molar-refractivity contribution is -0.132. The highest BCUT2D eigenvalue weighted by Gasteiger charge is 2.27. The lowest BCUT2D eigenvalue weighted by Crippen LogP contribution is -2.41. The van der Waals surface area contributed by atoms with E-state index >= 15 is 0 Å². The van der Waals surface area contributed by atoms with Crippen LogP contribution in [0.3, 0.4) is 0 Å². The number of ether oxygens (including phenoxy) is 3. The normalized spacial score (nSPS) is 17.5. The Morgan fingerprint density at radius 3 is 1.85 bits per heavy atom. The van der Waals surface area contributed by atoms with Crippen molar-refractivity contribution in [2.24, 2.45) is 0 Å². The van der Waals surface area contributed by atoms with E-state index in [1.54, 1.807) is 6.08 Å². The molecule has 0 saturated carbocycles. The molecule has 3 atom stereocenters. The molecule has 0 bridgehead atoms. The van der Waals surface area contributed by atoms with Crippen LogP contribution < -0.4 is 0 Å². The molecule has 0 aliphatic carbocycles. The highest BCUT2D eigenvalue weighted by Crippen LogP contribution is 2.09. The SMILES string of the molecule is C=C[C@@H](OC)[C@@H](OC)[C@H](C=O)OC. The third-order valence-corrected chi connectivity index (χ3v) is 1.83. The Bertz CT molecular complexity index is 142. The molecule has 0 N–H and O–H groups in total. The lowest BCUT2D eigenvalue weighted by atomic mass is 10.1. The summed E-state index contributed by atoms with van der Waals surface area (Å²) >= 11 is 0. The van der Waals surface area contributed by atoms with Gasteiger partial charge in [-0.15, -0.1) is 6.58 Å². The summed E-state index contributed by atoms with van der Waals surface area (Å²) in [5, 5.41) is 0. The molecule has 0 aliphatic rings. The number of carbonyl (C=O) groups excluding carboxylic acids is 1. The van der Waals surface area contributed by atoms with Crippen molar-refractivity contribution in [1.82, 2.24) is 0 Å². The second kappa shape index (κ2) is 6.77. The van der Waals surface area contributed by atoms with Gasteiger partial charge in [0.25, 0.3) is 0 Å². The van der Waals surface area contributed by atoms with Gasteiger partial charge in [0.1, 0.15) is 18.3 Å². The fourth-order valence-electron chi connectivity index (χ4n) is 1.09. The van der Waals surface area contributed by atoms with Crippen molar-refractivity contribution in [3.63, 3.8) is 0 Å². The topological polar surface area (TPSA) is 44.8 Å². The Hall–Kier alpha value is -0.710. The minimum atomic E-state index is -0.632. The molecule has 4 nitrogen and oxygen atoms in total. The number of methoxy groups -OCH3 is 3. The molecule has 76 valence electrons. The van der Waals surface area contributed by atoms with Crippen LogP contribution in [0.2, 0.25) is 0 Å². The van der Waals surface area contributed by atoms with Gasteiger partial charge >= 0.3 is 0 Å². The molecule has 0 aromatic carbocycles. The molecule has 0 aliphatic heterocycles. The zero-order valence-corrected chi connectivity index (χ0v) is 8.23. The van der Waals surface area contributed by atoms with Gasteiger partial charge in [-0.25, -0.2) is 0 Å². The van der Waals surface area contributed by atoms with Crippen molar-refractivity contribution in [3.8, 4) is 0 Å². The largest absolute Gasteiger partial charge is 0.375 e. The molecule has 0 amide bonds. The quantitative estimate of drug-likeness (QED) is 0.429. The molecule has 13 heavy (non-hydrogen) atoms. The first kappa shape index (κ1) is 12.3. The van der Waals surface area contributed by atoms with Crippen LogP contribution in [-0.2, 0) is 19.0 Å². The first-order valence-corrected chi connectivity index (χ1v) is 3.91. The third-order valence-electron chi connectivity index (χ3n) is 1.83. The second-order valence-electron chi connectivity index (χ2n) is 2.47. The number of aldehydes is 1. The van der Waals surface area contributed by atoms with Crippen LogP contribution >= 0.6 is 0 Å². The van der Waals surface area contributed by atoms with Gasteiger partial charge in [0.15, 0.2) is 6.29 Å². The lowest BCUT2D eigenvalue weighted by Gasteiger charge is -2.25. The number of hydrogen-bond acceptors (Lipinski definition) is 4. The van der Waals surface area contributed by atoms with Gasteiger partial charge in [0.2, 0.25) is 0 Å². The van der Waals surface area contributed by atoms with Crippen molar-refractivity contribution in [2.45, 2.75) is 18.3 Å². The fraction of sp³-hybridized carbons (Fsp3) is 0.667. The molecule has 0 fully saturated rings. The van der Waals surface area contributed by atoms with E-state index in [9.17, 15) is 4.79 Å². The molecule has 0 unspecified atom stereocenters. The maximum Gasteiger partial charge on any atom is 0.151 e. The van der Waals surface area contributed by atoms with Gasteiger partial charge in [-0.3, -0.25) is 0 Å². The second-order valence-corrected chi connectivity index (χ2v) is 2.47. The standard InChI is InChI=1S/C9H16O4/c1-5-7(11-2)9(13-4)8(6-10)12-3/h5-9H,1H2,2-4H3/t7-,8+,9-/m1/s1. The van der Waals surface area contributed by atoms with Crippen LogP contribution in [0.25, 0.3) is 0 Å². The van der Waals surface area contributed by atoms with Crippen molar-refractivity contribution in [3.05, 3.63) is 12.7 Å². The van der Waals surface area contributed by atoms with E-state index < -0.39 is 12.2 Å². The summed E-state index contributed by atoms with van der Waals surface area (Å²) in [5.74, 6) is 0. The van der Waals surface area contributed by atoms with Crippen LogP contribution in [0.4, 0.5) is 0 Å². The molecular weight excluding hydrogens is 172 g/mol. The smallest absolute Gasteiger partial charge is 0.151 e. The van der Waals surface area contributed by atoms with E-state index in [4.69, 9.17) is 14.2 Å². The molecular formula is C9H16O4. The fourth-order valence-corrected chi connectivity index (χ4v) is 1.09. The Morgan fingerprint density at radius 1 is 1.08 bits per heavy atom. The monoisotopic (exact) mass is 188 g/mol. The summed E-state index contributed by atoms with van der Waals surface area (Å²) in [6.07, 6.45) is 0.825. The maximum atomic E-state index is 10.6. The molecule has 0 rings (SSSR count). The van der Waals surface area contributed by atoms with Crippen LogP contribution in [0.1, 0.15) is 0 Å². The van der Waals surface area contributed by atoms with Crippen LogP contribution in [0.5, 0.6) is 0 Å². The van der Waals surface area contributed by atoms with Gasteiger partial charge < -0.3 is 19.0 Å². The van der Waals surface area contributed by atoms with E-state index in [-0.39, 0.29) is 6.10 Å². The van der Waals surface area contributed by atoms with Crippen molar-refractivity contribution in [1.29, 1.82) is 0 Å². The van der Waals surface area contributed by atoms with E-state index in [0.717, 1.165) is 0 Å². The van der Waals surface area contributed by atoms with E-state index in [0.29, 0.717) is 6.29 Å². The van der Waals surface area contributed by atoms with Crippen LogP contribution in [-0.4, -0.2) is 45.9 Å². The minimum Gasteiger partial charge on any atom is -0.375 e. The first-order chi connectivity index (χ1) is 6.24.